The molecule has 3 rings (SSSR count). The molecule has 122 valence electrons. The van der Waals surface area contributed by atoms with Gasteiger partial charge in [0.25, 0.3) is 5.56 Å². The molecule has 0 aliphatic carbocycles. The monoisotopic (exact) mass is 350 g/mol. The molecule has 0 saturated heterocycles. The van der Waals surface area contributed by atoms with Crippen LogP contribution in [0.15, 0.2) is 39.1 Å². The minimum atomic E-state index is -0.310. The SMILES string of the molecule is CC(C)CSc1nc2c(c(=O)n1-c1ccc(F)cc1)SC(C)C2. The van der Waals surface area contributed by atoms with Crippen molar-refractivity contribution < 1.29 is 4.39 Å². The summed E-state index contributed by atoms with van der Waals surface area (Å²) in [5, 5.41) is 1.07. The number of nitrogens with zero attached hydrogens (tertiary/aromatic N) is 2. The van der Waals surface area contributed by atoms with Crippen molar-refractivity contribution in [2.45, 2.75) is 42.5 Å². The summed E-state index contributed by atoms with van der Waals surface area (Å²) in [5.41, 5.74) is 1.53. The Morgan fingerprint density at radius 2 is 2.09 bits per heavy atom. The number of aromatic nitrogens is 2. The van der Waals surface area contributed by atoms with Crippen LogP contribution in [0.25, 0.3) is 5.69 Å². The maximum Gasteiger partial charge on any atom is 0.272 e. The van der Waals surface area contributed by atoms with Crippen molar-refractivity contribution in [1.29, 1.82) is 0 Å². The molecule has 0 fully saturated rings. The second-order valence-electron chi connectivity index (χ2n) is 6.12. The smallest absolute Gasteiger partial charge is 0.268 e. The Labute approximate surface area is 143 Å². The Kier molecular flexibility index (Phi) is 4.82. The van der Waals surface area contributed by atoms with E-state index in [-0.39, 0.29) is 11.4 Å². The molecule has 1 atom stereocenters. The van der Waals surface area contributed by atoms with Gasteiger partial charge in [-0.2, -0.15) is 0 Å². The Morgan fingerprint density at radius 1 is 1.39 bits per heavy atom. The van der Waals surface area contributed by atoms with Crippen LogP contribution in [0.2, 0.25) is 0 Å². The van der Waals surface area contributed by atoms with Gasteiger partial charge in [-0.3, -0.25) is 9.36 Å². The summed E-state index contributed by atoms with van der Waals surface area (Å²) in [6, 6.07) is 6.02. The van der Waals surface area contributed by atoms with E-state index < -0.39 is 0 Å². The molecule has 23 heavy (non-hydrogen) atoms. The molecule has 2 heterocycles. The van der Waals surface area contributed by atoms with E-state index in [0.29, 0.717) is 22.0 Å². The molecule has 1 aromatic carbocycles. The van der Waals surface area contributed by atoms with Gasteiger partial charge in [-0.15, -0.1) is 11.8 Å². The van der Waals surface area contributed by atoms with Gasteiger partial charge in [-0.05, 0) is 30.2 Å². The fourth-order valence-corrected chi connectivity index (χ4v) is 4.53. The quantitative estimate of drug-likeness (QED) is 0.613. The number of thioether (sulfide) groups is 2. The first-order chi connectivity index (χ1) is 11.0. The maximum atomic E-state index is 13.2. The summed E-state index contributed by atoms with van der Waals surface area (Å²) < 4.78 is 14.8. The van der Waals surface area contributed by atoms with Gasteiger partial charge in [0.05, 0.1) is 16.3 Å². The highest BCUT2D eigenvalue weighted by Crippen LogP contribution is 2.35. The highest BCUT2D eigenvalue weighted by Gasteiger charge is 2.26. The van der Waals surface area contributed by atoms with Crippen molar-refractivity contribution >= 4 is 23.5 Å². The van der Waals surface area contributed by atoms with Gasteiger partial charge in [0.15, 0.2) is 5.16 Å². The van der Waals surface area contributed by atoms with Crippen LogP contribution < -0.4 is 5.56 Å². The summed E-state index contributed by atoms with van der Waals surface area (Å²) in [7, 11) is 0. The van der Waals surface area contributed by atoms with Crippen LogP contribution in [0.5, 0.6) is 0 Å². The van der Waals surface area contributed by atoms with Gasteiger partial charge in [0.1, 0.15) is 5.82 Å². The molecule has 2 aromatic rings. The van der Waals surface area contributed by atoms with Crippen LogP contribution in [0.3, 0.4) is 0 Å². The zero-order valence-electron chi connectivity index (χ0n) is 13.4. The summed E-state index contributed by atoms with van der Waals surface area (Å²) in [6.07, 6.45) is 0.828. The zero-order chi connectivity index (χ0) is 16.6. The Bertz CT molecular complexity index is 771. The number of hydrogen-bond donors (Lipinski definition) is 0. The molecule has 0 radical (unpaired) electrons. The summed E-state index contributed by atoms with van der Waals surface area (Å²) in [6.45, 7) is 6.38. The molecule has 1 aromatic heterocycles. The van der Waals surface area contributed by atoms with Crippen molar-refractivity contribution in [1.82, 2.24) is 9.55 Å². The van der Waals surface area contributed by atoms with Crippen LogP contribution in [0.4, 0.5) is 4.39 Å². The topological polar surface area (TPSA) is 34.9 Å². The van der Waals surface area contributed by atoms with Crippen LogP contribution >= 0.6 is 23.5 Å². The maximum absolute atomic E-state index is 13.2. The first-order valence-electron chi connectivity index (χ1n) is 7.67. The van der Waals surface area contributed by atoms with Gasteiger partial charge >= 0.3 is 0 Å². The van der Waals surface area contributed by atoms with Gasteiger partial charge in [0.2, 0.25) is 0 Å². The lowest BCUT2D eigenvalue weighted by Gasteiger charge is -2.14. The third-order valence-corrected chi connectivity index (χ3v) is 6.09. The van der Waals surface area contributed by atoms with E-state index in [1.54, 1.807) is 40.2 Å². The van der Waals surface area contributed by atoms with Crippen molar-refractivity contribution in [2.75, 3.05) is 5.75 Å². The van der Waals surface area contributed by atoms with Gasteiger partial charge < -0.3 is 0 Å². The zero-order valence-corrected chi connectivity index (χ0v) is 15.0. The molecule has 0 bridgehead atoms. The fraction of sp³-hybridized carbons (Fsp3) is 0.412. The predicted molar refractivity (Wildman–Crippen MR) is 94.4 cm³/mol. The molecule has 0 amide bonds. The van der Waals surface area contributed by atoms with E-state index >= 15 is 0 Å². The van der Waals surface area contributed by atoms with Crippen LogP contribution in [-0.4, -0.2) is 20.6 Å². The largest absolute Gasteiger partial charge is 0.272 e. The van der Waals surface area contributed by atoms with Crippen LogP contribution in [-0.2, 0) is 6.42 Å². The van der Waals surface area contributed by atoms with Crippen molar-refractivity contribution in [3.05, 3.63) is 46.1 Å². The van der Waals surface area contributed by atoms with E-state index in [9.17, 15) is 9.18 Å². The lowest BCUT2D eigenvalue weighted by molar-refractivity contribution is 0.626. The van der Waals surface area contributed by atoms with Gasteiger partial charge in [-0.1, -0.05) is 32.5 Å². The molecule has 1 aliphatic heterocycles. The number of hydrogen-bond acceptors (Lipinski definition) is 4. The third kappa shape index (κ3) is 3.48. The van der Waals surface area contributed by atoms with Crippen molar-refractivity contribution in [3.63, 3.8) is 0 Å². The van der Waals surface area contributed by atoms with Crippen molar-refractivity contribution in [3.8, 4) is 5.69 Å². The average Bonchev–Trinajstić information content (AvgIpc) is 2.87. The summed E-state index contributed by atoms with van der Waals surface area (Å²) in [4.78, 5) is 18.4. The molecule has 6 heteroatoms. The lowest BCUT2D eigenvalue weighted by Crippen LogP contribution is -2.24. The van der Waals surface area contributed by atoms with Crippen LogP contribution in [0.1, 0.15) is 26.5 Å². The lowest BCUT2D eigenvalue weighted by atomic mass is 10.2. The second-order valence-corrected chi connectivity index (χ2v) is 8.56. The molecule has 1 unspecified atom stereocenters. The molecule has 0 N–H and O–H groups in total. The molecular weight excluding hydrogens is 331 g/mol. The Hall–Kier alpha value is -1.27. The number of halogens is 1. The number of fused-ring (bicyclic) bond motifs is 1. The minimum absolute atomic E-state index is 0.0396. The Balaban J connectivity index is 2.13. The number of rotatable bonds is 4. The molecule has 1 aliphatic rings. The fourth-order valence-electron chi connectivity index (χ4n) is 2.46. The average molecular weight is 350 g/mol. The highest BCUT2D eigenvalue weighted by molar-refractivity contribution is 8.00. The molecule has 0 spiro atoms. The first-order valence-corrected chi connectivity index (χ1v) is 9.53. The first kappa shape index (κ1) is 16.6. The number of benzene rings is 1. The summed E-state index contributed by atoms with van der Waals surface area (Å²) >= 11 is 3.17. The van der Waals surface area contributed by atoms with Crippen molar-refractivity contribution in [2.24, 2.45) is 5.92 Å². The summed E-state index contributed by atoms with van der Waals surface area (Å²) in [5.74, 6) is 1.07. The molecule has 3 nitrogen and oxygen atoms in total. The Morgan fingerprint density at radius 3 is 2.74 bits per heavy atom. The van der Waals surface area contributed by atoms with E-state index in [1.165, 1.54) is 12.1 Å². The van der Waals surface area contributed by atoms with E-state index in [4.69, 9.17) is 4.98 Å². The van der Waals surface area contributed by atoms with Gasteiger partial charge in [0, 0.05) is 17.4 Å². The standard InChI is InChI=1S/C17H19FN2OS2/c1-10(2)9-22-17-19-14-8-11(3)23-15(14)16(21)20(17)13-6-4-12(18)5-7-13/h4-7,10-11H,8-9H2,1-3H3. The van der Waals surface area contributed by atoms with E-state index in [2.05, 4.69) is 20.8 Å². The highest BCUT2D eigenvalue weighted by atomic mass is 32.2. The van der Waals surface area contributed by atoms with Gasteiger partial charge in [-0.25, -0.2) is 9.37 Å². The molecular formula is C17H19FN2OS2. The normalized spacial score (nSPS) is 16.8. The minimum Gasteiger partial charge on any atom is -0.268 e. The molecule has 0 saturated carbocycles. The van der Waals surface area contributed by atoms with E-state index in [0.717, 1.165) is 22.8 Å². The van der Waals surface area contributed by atoms with Crippen LogP contribution in [0, 0.1) is 11.7 Å². The van der Waals surface area contributed by atoms with E-state index in [1.807, 2.05) is 0 Å². The third-order valence-electron chi connectivity index (χ3n) is 3.51. The predicted octanol–water partition coefficient (Wildman–Crippen LogP) is 4.16. The second kappa shape index (κ2) is 6.69.